The van der Waals surface area contributed by atoms with Gasteiger partial charge in [-0.25, -0.2) is 0 Å². The number of pyridine rings is 2. The first-order chi connectivity index (χ1) is 7.66. The summed E-state index contributed by atoms with van der Waals surface area (Å²) in [5.74, 6) is 0. The minimum absolute atomic E-state index is 0.871. The Morgan fingerprint density at radius 1 is 1.12 bits per heavy atom. The lowest BCUT2D eigenvalue weighted by Crippen LogP contribution is -2.08. The van der Waals surface area contributed by atoms with Crippen LogP contribution in [0.25, 0.3) is 0 Å². The predicted octanol–water partition coefficient (Wildman–Crippen LogP) is 3.28. The largest absolute Gasteiger partial charge is 0.345 e. The number of hydrogen-bond donors (Lipinski definition) is 0. The molecule has 0 aliphatic rings. The van der Waals surface area contributed by atoms with Crippen molar-refractivity contribution in [2.24, 2.45) is 0 Å². The van der Waals surface area contributed by atoms with E-state index in [0.29, 0.717) is 0 Å². The van der Waals surface area contributed by atoms with Crippen LogP contribution in [0.15, 0.2) is 36.7 Å². The lowest BCUT2D eigenvalue weighted by atomic mass is 10.2. The van der Waals surface area contributed by atoms with Gasteiger partial charge in [-0.05, 0) is 43.7 Å². The maximum atomic E-state index is 5.19. The highest BCUT2D eigenvalue weighted by molar-refractivity contribution is 7.71. The second-order valence-electron chi connectivity index (χ2n) is 3.92. The molecular formula is C13H14N2S. The molecule has 0 aliphatic carbocycles. The Bertz CT molecular complexity index is 517. The fourth-order valence-electron chi connectivity index (χ4n) is 1.81. The molecule has 2 nitrogen and oxygen atoms in total. The molecule has 0 aromatic carbocycles. The van der Waals surface area contributed by atoms with Crippen molar-refractivity contribution in [3.05, 3.63) is 58.1 Å². The Labute approximate surface area is 101 Å². The van der Waals surface area contributed by atoms with Crippen LogP contribution in [0.5, 0.6) is 0 Å². The smallest absolute Gasteiger partial charge is 0.0476 e. The van der Waals surface area contributed by atoms with E-state index in [-0.39, 0.29) is 0 Å². The molecule has 2 heterocycles. The van der Waals surface area contributed by atoms with Gasteiger partial charge < -0.3 is 4.57 Å². The van der Waals surface area contributed by atoms with Gasteiger partial charge in [0.25, 0.3) is 0 Å². The number of aryl methyl sites for hydroxylation is 2. The highest BCUT2D eigenvalue weighted by Gasteiger charge is 2.00. The highest BCUT2D eigenvalue weighted by atomic mass is 32.1. The van der Waals surface area contributed by atoms with Crippen LogP contribution in [0.4, 0.5) is 0 Å². The SMILES string of the molecule is Cc1cc(=S)cc(C)n1Cc1ccncc1. The van der Waals surface area contributed by atoms with Gasteiger partial charge in [-0.1, -0.05) is 12.2 Å². The van der Waals surface area contributed by atoms with Gasteiger partial charge in [0.05, 0.1) is 0 Å². The van der Waals surface area contributed by atoms with Crippen molar-refractivity contribution >= 4 is 12.2 Å². The maximum Gasteiger partial charge on any atom is 0.0476 e. The van der Waals surface area contributed by atoms with Gasteiger partial charge in [0.2, 0.25) is 0 Å². The fraction of sp³-hybridized carbons (Fsp3) is 0.231. The summed E-state index contributed by atoms with van der Waals surface area (Å²) in [6.45, 7) is 5.05. The molecule has 16 heavy (non-hydrogen) atoms. The lowest BCUT2D eigenvalue weighted by molar-refractivity contribution is 0.728. The molecule has 0 fully saturated rings. The van der Waals surface area contributed by atoms with Crippen LogP contribution in [-0.4, -0.2) is 9.55 Å². The molecular weight excluding hydrogens is 216 g/mol. The number of hydrogen-bond acceptors (Lipinski definition) is 2. The molecule has 0 saturated carbocycles. The fourth-order valence-corrected chi connectivity index (χ4v) is 2.15. The molecule has 0 spiro atoms. The van der Waals surface area contributed by atoms with Crippen molar-refractivity contribution < 1.29 is 0 Å². The average molecular weight is 230 g/mol. The summed E-state index contributed by atoms with van der Waals surface area (Å²) in [5.41, 5.74) is 3.65. The molecule has 0 aliphatic heterocycles. The molecule has 0 bridgehead atoms. The van der Waals surface area contributed by atoms with Crippen LogP contribution in [-0.2, 0) is 6.54 Å². The Morgan fingerprint density at radius 2 is 1.69 bits per heavy atom. The standard InChI is InChI=1S/C13H14N2S/c1-10-7-13(16)8-11(2)15(10)9-12-3-5-14-6-4-12/h3-8H,9H2,1-2H3. The van der Waals surface area contributed by atoms with Crippen molar-refractivity contribution in [3.8, 4) is 0 Å². The van der Waals surface area contributed by atoms with Gasteiger partial charge in [0.15, 0.2) is 0 Å². The third kappa shape index (κ3) is 2.36. The molecule has 2 rings (SSSR count). The van der Waals surface area contributed by atoms with Crippen molar-refractivity contribution in [2.45, 2.75) is 20.4 Å². The van der Waals surface area contributed by atoms with Gasteiger partial charge in [-0.3, -0.25) is 4.98 Å². The van der Waals surface area contributed by atoms with E-state index in [1.54, 1.807) is 0 Å². The second kappa shape index (κ2) is 4.58. The molecule has 0 saturated heterocycles. The second-order valence-corrected chi connectivity index (χ2v) is 4.39. The van der Waals surface area contributed by atoms with E-state index in [9.17, 15) is 0 Å². The van der Waals surface area contributed by atoms with Crippen molar-refractivity contribution in [3.63, 3.8) is 0 Å². The van der Waals surface area contributed by atoms with E-state index in [0.717, 1.165) is 11.1 Å². The Hall–Kier alpha value is -1.48. The van der Waals surface area contributed by atoms with Crippen LogP contribution in [0.1, 0.15) is 17.0 Å². The number of aromatic nitrogens is 2. The Morgan fingerprint density at radius 3 is 2.25 bits per heavy atom. The summed E-state index contributed by atoms with van der Waals surface area (Å²) in [6, 6.07) is 8.13. The summed E-state index contributed by atoms with van der Waals surface area (Å²) < 4.78 is 3.16. The van der Waals surface area contributed by atoms with E-state index >= 15 is 0 Å². The van der Waals surface area contributed by atoms with E-state index in [1.165, 1.54) is 17.0 Å². The maximum absolute atomic E-state index is 5.19. The molecule has 3 heteroatoms. The van der Waals surface area contributed by atoms with E-state index in [2.05, 4.69) is 23.4 Å². The molecule has 82 valence electrons. The minimum Gasteiger partial charge on any atom is -0.345 e. The zero-order valence-corrected chi connectivity index (χ0v) is 10.3. The summed E-state index contributed by atoms with van der Waals surface area (Å²) in [7, 11) is 0. The molecule has 0 radical (unpaired) electrons. The average Bonchev–Trinajstić information content (AvgIpc) is 2.25. The molecule has 0 N–H and O–H groups in total. The molecule has 2 aromatic heterocycles. The minimum atomic E-state index is 0.871. The van der Waals surface area contributed by atoms with E-state index in [4.69, 9.17) is 12.2 Å². The van der Waals surface area contributed by atoms with Crippen molar-refractivity contribution in [1.82, 2.24) is 9.55 Å². The van der Waals surface area contributed by atoms with Crippen LogP contribution in [0, 0.1) is 18.4 Å². The van der Waals surface area contributed by atoms with Gasteiger partial charge in [0, 0.05) is 34.8 Å². The topological polar surface area (TPSA) is 17.8 Å². The van der Waals surface area contributed by atoms with Crippen LogP contribution in [0.3, 0.4) is 0 Å². The summed E-state index contributed by atoms with van der Waals surface area (Å²) >= 11 is 5.19. The van der Waals surface area contributed by atoms with E-state index in [1.807, 2.05) is 36.7 Å². The van der Waals surface area contributed by atoms with Crippen LogP contribution in [0.2, 0.25) is 0 Å². The van der Waals surface area contributed by atoms with Gasteiger partial charge >= 0.3 is 0 Å². The van der Waals surface area contributed by atoms with Crippen molar-refractivity contribution in [1.29, 1.82) is 0 Å². The van der Waals surface area contributed by atoms with Crippen LogP contribution < -0.4 is 0 Å². The normalized spacial score (nSPS) is 10.4. The van der Waals surface area contributed by atoms with Gasteiger partial charge in [0.1, 0.15) is 0 Å². The molecule has 0 amide bonds. The first kappa shape index (κ1) is 11.0. The zero-order valence-electron chi connectivity index (χ0n) is 9.47. The Balaban J connectivity index is 2.39. The quantitative estimate of drug-likeness (QED) is 0.737. The van der Waals surface area contributed by atoms with Crippen LogP contribution >= 0.6 is 12.2 Å². The van der Waals surface area contributed by atoms with Gasteiger partial charge in [-0.15, -0.1) is 0 Å². The first-order valence-electron chi connectivity index (χ1n) is 5.24. The number of nitrogens with zero attached hydrogens (tertiary/aromatic N) is 2. The zero-order chi connectivity index (χ0) is 11.5. The lowest BCUT2D eigenvalue weighted by Gasteiger charge is -2.14. The third-order valence-electron chi connectivity index (χ3n) is 2.64. The summed E-state index contributed by atoms with van der Waals surface area (Å²) in [4.78, 5) is 4.02. The first-order valence-corrected chi connectivity index (χ1v) is 5.64. The Kier molecular flexibility index (Phi) is 3.15. The predicted molar refractivity (Wildman–Crippen MR) is 68.1 cm³/mol. The van der Waals surface area contributed by atoms with E-state index < -0.39 is 0 Å². The van der Waals surface area contributed by atoms with Crippen molar-refractivity contribution in [2.75, 3.05) is 0 Å². The molecule has 2 aromatic rings. The van der Waals surface area contributed by atoms with Gasteiger partial charge in [-0.2, -0.15) is 0 Å². The third-order valence-corrected chi connectivity index (χ3v) is 2.88. The summed E-state index contributed by atoms with van der Waals surface area (Å²) in [5, 5.41) is 0. The number of rotatable bonds is 2. The summed E-state index contributed by atoms with van der Waals surface area (Å²) in [6.07, 6.45) is 3.64. The molecule has 0 unspecified atom stereocenters. The molecule has 0 atom stereocenters. The highest BCUT2D eigenvalue weighted by Crippen LogP contribution is 2.10. The monoisotopic (exact) mass is 230 g/mol.